The fraction of sp³-hybridized carbons (Fsp3) is 0.231. The molecule has 0 amide bonds. The van der Waals surface area contributed by atoms with E-state index in [9.17, 15) is 0 Å². The summed E-state index contributed by atoms with van der Waals surface area (Å²) in [4.78, 5) is 0. The number of para-hydroxylation sites is 1. The number of hydrogen-bond acceptors (Lipinski definition) is 0. The number of nitrogens with zero attached hydrogens (tertiary/aromatic N) is 1. The third-order valence-corrected chi connectivity index (χ3v) is 10.3. The minimum atomic E-state index is -0.0459. The summed E-state index contributed by atoms with van der Waals surface area (Å²) in [7, 11) is 0. The van der Waals surface area contributed by atoms with E-state index in [4.69, 9.17) is 0 Å². The summed E-state index contributed by atoms with van der Waals surface area (Å²) in [5.74, 6) is 0. The lowest BCUT2D eigenvalue weighted by Crippen LogP contribution is -2.18. The number of aryl methyl sites for hydroxylation is 1. The van der Waals surface area contributed by atoms with E-state index in [1.807, 2.05) is 59.0 Å². The number of hydrogen-bond donors (Lipinski definition) is 2. The molecule has 0 bridgehead atoms. The molecule has 2 N–H and O–H groups in total. The highest BCUT2D eigenvalue weighted by molar-refractivity contribution is 6.00. The van der Waals surface area contributed by atoms with E-state index < -0.39 is 0 Å². The molecule has 0 aliphatic heterocycles. The molecule has 0 spiro atoms. The van der Waals surface area contributed by atoms with Crippen molar-refractivity contribution in [3.63, 3.8) is 0 Å². The molecule has 0 saturated carbocycles. The molecule has 0 atom stereocenters. The van der Waals surface area contributed by atoms with E-state index in [1.54, 1.807) is 0 Å². The van der Waals surface area contributed by atoms with Crippen molar-refractivity contribution in [3.05, 3.63) is 186 Å². The van der Waals surface area contributed by atoms with Gasteiger partial charge in [-0.3, -0.25) is 5.10 Å². The Kier molecular flexibility index (Phi) is 13.9. The van der Waals surface area contributed by atoms with Crippen LogP contribution in [0.4, 0.5) is 0 Å². The van der Waals surface area contributed by atoms with Gasteiger partial charge in [-0.25, -0.2) is 0 Å². The SMILES string of the molecule is C=Cc1c(CC)c2c3c(ccc2n1-c1ccccc1)C1=C(C=C(/C=C/C=C\C=C/C)CC1)C3(C)C.CC.CC.c1ccc(-c2cccc(-c3c[nH][nH]3)c2)cc1. The molecular formula is C52H59N3. The van der Waals surface area contributed by atoms with Crippen molar-refractivity contribution in [1.82, 2.24) is 14.8 Å². The number of benzene rings is 4. The third kappa shape index (κ3) is 8.32. The highest BCUT2D eigenvalue weighted by atomic mass is 15.1. The van der Waals surface area contributed by atoms with Crippen molar-refractivity contribution in [1.29, 1.82) is 0 Å². The second-order valence-electron chi connectivity index (χ2n) is 13.8. The van der Waals surface area contributed by atoms with Crippen molar-refractivity contribution in [2.45, 2.75) is 80.1 Å². The van der Waals surface area contributed by atoms with Crippen molar-refractivity contribution in [2.24, 2.45) is 0 Å². The van der Waals surface area contributed by atoms with E-state index in [-0.39, 0.29) is 5.41 Å². The van der Waals surface area contributed by atoms with E-state index >= 15 is 0 Å². The minimum Gasteiger partial charge on any atom is -0.310 e. The Morgan fingerprint density at radius 3 is 2.05 bits per heavy atom. The van der Waals surface area contributed by atoms with Gasteiger partial charge in [-0.05, 0) is 101 Å². The summed E-state index contributed by atoms with van der Waals surface area (Å²) in [5, 5.41) is 7.38. The fourth-order valence-corrected chi connectivity index (χ4v) is 7.87. The van der Waals surface area contributed by atoms with E-state index in [0.717, 1.165) is 25.0 Å². The predicted octanol–water partition coefficient (Wildman–Crippen LogP) is 15.0. The van der Waals surface area contributed by atoms with Crippen molar-refractivity contribution in [3.8, 4) is 28.1 Å². The Morgan fingerprint density at radius 2 is 1.42 bits per heavy atom. The van der Waals surface area contributed by atoms with Gasteiger partial charge in [-0.1, -0.05) is 170 Å². The molecule has 8 rings (SSSR count). The summed E-state index contributed by atoms with van der Waals surface area (Å²) in [6, 6.07) is 34.3. The minimum absolute atomic E-state index is 0.0459. The Labute approximate surface area is 330 Å². The number of aromatic amines is 2. The van der Waals surface area contributed by atoms with Crippen molar-refractivity contribution in [2.75, 3.05) is 0 Å². The molecule has 0 saturated heterocycles. The van der Waals surface area contributed by atoms with Crippen LogP contribution in [0.15, 0.2) is 164 Å². The van der Waals surface area contributed by atoms with Crippen LogP contribution >= 0.6 is 0 Å². The first-order valence-corrected chi connectivity index (χ1v) is 20.1. The fourth-order valence-electron chi connectivity index (χ4n) is 7.87. The lowest BCUT2D eigenvalue weighted by atomic mass is 9.77. The lowest BCUT2D eigenvalue weighted by molar-refractivity contribution is 0.655. The molecular weight excluding hydrogens is 667 g/mol. The van der Waals surface area contributed by atoms with Gasteiger partial charge in [0.15, 0.2) is 0 Å². The number of H-pyrrole nitrogens is 2. The van der Waals surface area contributed by atoms with Gasteiger partial charge in [0, 0.05) is 33.9 Å². The summed E-state index contributed by atoms with van der Waals surface area (Å²) in [6.07, 6.45) is 22.4. The van der Waals surface area contributed by atoms with Gasteiger partial charge in [0.25, 0.3) is 0 Å². The third-order valence-electron chi connectivity index (χ3n) is 10.3. The Balaban J connectivity index is 0.000000241. The van der Waals surface area contributed by atoms with Crippen molar-refractivity contribution < 1.29 is 0 Å². The summed E-state index contributed by atoms with van der Waals surface area (Å²) in [6.45, 7) is 21.4. The standard InChI is InChI=1S/C34H35N.C14H12N2.2C2H6/c1-6-9-10-11-13-16-24-19-20-27-28-21-22-31-32(33(28)34(4,5)29(27)23-24)26(7-2)30(8-3)35(31)25-17-14-12-15-18-25;1-2-5-11(6-3-1)12-7-4-8-13(9-12)14-10-15-16-14;2*1-2/h6,8-18,21-23H,3,7,19-20H2,1-2,4-5H3;1-10,15-16H;2*1-2H3/b9-6-,11-10-,16-13+;;;. The van der Waals surface area contributed by atoms with Gasteiger partial charge in [0.1, 0.15) is 0 Å². The normalized spacial score (nSPS) is 14.1. The molecule has 2 aliphatic rings. The molecule has 6 aromatic rings. The second-order valence-corrected chi connectivity index (χ2v) is 13.8. The second kappa shape index (κ2) is 19.0. The van der Waals surface area contributed by atoms with Crippen LogP contribution in [0.25, 0.3) is 50.6 Å². The first-order valence-electron chi connectivity index (χ1n) is 20.1. The number of nitrogens with one attached hydrogen (secondary N) is 2. The smallest absolute Gasteiger partial charge is 0.0787 e. The lowest BCUT2D eigenvalue weighted by Gasteiger charge is -2.26. The van der Waals surface area contributed by atoms with Crippen LogP contribution in [-0.4, -0.2) is 14.8 Å². The van der Waals surface area contributed by atoms with Gasteiger partial charge in [0.2, 0.25) is 0 Å². The average molecular weight is 726 g/mol. The first-order chi connectivity index (χ1) is 27.0. The molecule has 2 aromatic heterocycles. The number of aromatic nitrogens is 3. The summed E-state index contributed by atoms with van der Waals surface area (Å²) in [5.41, 5.74) is 17.3. The monoisotopic (exact) mass is 725 g/mol. The first kappa shape index (κ1) is 40.4. The van der Waals surface area contributed by atoms with Crippen LogP contribution in [0.5, 0.6) is 0 Å². The van der Waals surface area contributed by atoms with Crippen LogP contribution in [0.3, 0.4) is 0 Å². The maximum atomic E-state index is 4.22. The van der Waals surface area contributed by atoms with Gasteiger partial charge < -0.3 is 9.67 Å². The zero-order valence-corrected chi connectivity index (χ0v) is 34.2. The Morgan fingerprint density at radius 1 is 0.764 bits per heavy atom. The molecule has 55 heavy (non-hydrogen) atoms. The molecule has 0 unspecified atom stereocenters. The van der Waals surface area contributed by atoms with E-state index in [0.29, 0.717) is 0 Å². The number of allylic oxidation sites excluding steroid dienone is 10. The van der Waals surface area contributed by atoms with Gasteiger partial charge in [-0.2, -0.15) is 0 Å². The number of rotatable bonds is 8. The van der Waals surface area contributed by atoms with Crippen LogP contribution in [0, 0.1) is 0 Å². The summed E-state index contributed by atoms with van der Waals surface area (Å²) < 4.78 is 2.40. The molecule has 282 valence electrons. The maximum absolute atomic E-state index is 4.22. The topological polar surface area (TPSA) is 36.5 Å². The largest absolute Gasteiger partial charge is 0.310 e. The molecule has 4 aromatic carbocycles. The van der Waals surface area contributed by atoms with Crippen LogP contribution < -0.4 is 0 Å². The van der Waals surface area contributed by atoms with Crippen LogP contribution in [-0.2, 0) is 11.8 Å². The van der Waals surface area contributed by atoms with Gasteiger partial charge in [0.05, 0.1) is 11.2 Å². The maximum Gasteiger partial charge on any atom is 0.0787 e. The Bertz CT molecular complexity index is 2320. The van der Waals surface area contributed by atoms with E-state index in [2.05, 4.69) is 170 Å². The summed E-state index contributed by atoms with van der Waals surface area (Å²) >= 11 is 0. The zero-order valence-electron chi connectivity index (χ0n) is 34.2. The molecule has 0 radical (unpaired) electrons. The van der Waals surface area contributed by atoms with Crippen LogP contribution in [0.1, 0.15) is 90.6 Å². The predicted molar refractivity (Wildman–Crippen MR) is 242 cm³/mol. The quantitative estimate of drug-likeness (QED) is 0.147. The molecule has 2 aliphatic carbocycles. The molecule has 3 nitrogen and oxygen atoms in total. The molecule has 3 heteroatoms. The molecule has 2 heterocycles. The van der Waals surface area contributed by atoms with Gasteiger partial charge in [-0.15, -0.1) is 0 Å². The van der Waals surface area contributed by atoms with E-state index in [1.165, 1.54) is 72.4 Å². The zero-order chi connectivity index (χ0) is 39.4. The molecule has 0 fully saturated rings. The highest BCUT2D eigenvalue weighted by Gasteiger charge is 2.40. The Hall–Kier alpha value is -5.80. The van der Waals surface area contributed by atoms with Crippen LogP contribution in [0.2, 0.25) is 0 Å². The highest BCUT2D eigenvalue weighted by Crippen LogP contribution is 2.54. The average Bonchev–Trinajstić information content (AvgIpc) is 3.67. The number of fused-ring (bicyclic) bond motifs is 4. The van der Waals surface area contributed by atoms with Crippen molar-refractivity contribution >= 4 is 22.6 Å². The van der Waals surface area contributed by atoms with Gasteiger partial charge >= 0.3 is 0 Å².